The molecular weight excluding hydrogens is 240 g/mol. The van der Waals surface area contributed by atoms with Crippen LogP contribution < -0.4 is 15.0 Å². The fourth-order valence-electron chi connectivity index (χ4n) is 2.36. The molecule has 1 unspecified atom stereocenters. The summed E-state index contributed by atoms with van der Waals surface area (Å²) in [6.07, 6.45) is 3.22. The highest BCUT2D eigenvalue weighted by atomic mass is 16.5. The first-order chi connectivity index (χ1) is 9.22. The lowest BCUT2D eigenvalue weighted by atomic mass is 10.0. The van der Waals surface area contributed by atoms with Gasteiger partial charge in [0.1, 0.15) is 5.75 Å². The Labute approximate surface area is 114 Å². The van der Waals surface area contributed by atoms with Crippen LogP contribution in [0.4, 0.5) is 5.69 Å². The highest BCUT2D eigenvalue weighted by Gasteiger charge is 2.24. The van der Waals surface area contributed by atoms with Gasteiger partial charge in [0.15, 0.2) is 0 Å². The molecule has 1 aliphatic heterocycles. The summed E-state index contributed by atoms with van der Waals surface area (Å²) < 4.78 is 5.40. The second-order valence-corrected chi connectivity index (χ2v) is 4.83. The minimum Gasteiger partial charge on any atom is -0.494 e. The second-order valence-electron chi connectivity index (χ2n) is 4.83. The Kier molecular flexibility index (Phi) is 4.80. The van der Waals surface area contributed by atoms with Crippen molar-refractivity contribution in [1.29, 1.82) is 0 Å². The first-order valence-corrected chi connectivity index (χ1v) is 6.96. The monoisotopic (exact) mass is 262 g/mol. The average molecular weight is 262 g/mol. The van der Waals surface area contributed by atoms with Crippen LogP contribution in [0, 0.1) is 0 Å². The number of nitrogens with zero attached hydrogens (tertiary/aromatic N) is 1. The fraction of sp³-hybridized carbons (Fsp3) is 0.533. The highest BCUT2D eigenvalue weighted by molar-refractivity contribution is 5.96. The van der Waals surface area contributed by atoms with E-state index in [1.807, 2.05) is 38.2 Å². The number of hydrogen-bond donors (Lipinski definition) is 1. The number of ether oxygens (including phenoxy) is 1. The van der Waals surface area contributed by atoms with E-state index >= 15 is 0 Å². The van der Waals surface area contributed by atoms with Crippen molar-refractivity contribution < 1.29 is 9.53 Å². The SMILES string of the molecule is CCOc1ccc(N(C)C(=O)C2CCCCN2)cc1. The Morgan fingerprint density at radius 3 is 2.68 bits per heavy atom. The van der Waals surface area contributed by atoms with Crippen molar-refractivity contribution in [3.63, 3.8) is 0 Å². The van der Waals surface area contributed by atoms with Gasteiger partial charge in [-0.3, -0.25) is 4.79 Å². The molecule has 2 rings (SSSR count). The minimum atomic E-state index is -0.0367. The standard InChI is InChI=1S/C15H22N2O2/c1-3-19-13-9-7-12(8-10-13)17(2)15(18)14-6-4-5-11-16-14/h7-10,14,16H,3-6,11H2,1-2H3. The van der Waals surface area contributed by atoms with Crippen LogP contribution in [0.25, 0.3) is 0 Å². The van der Waals surface area contributed by atoms with Crippen LogP contribution in [-0.2, 0) is 4.79 Å². The molecule has 1 aliphatic rings. The Morgan fingerprint density at radius 2 is 2.11 bits per heavy atom. The minimum absolute atomic E-state index is 0.0367. The third-order valence-electron chi connectivity index (χ3n) is 3.47. The number of nitrogens with one attached hydrogen (secondary N) is 1. The maximum absolute atomic E-state index is 12.3. The molecule has 1 saturated heterocycles. The van der Waals surface area contributed by atoms with Crippen LogP contribution in [0.5, 0.6) is 5.75 Å². The second kappa shape index (κ2) is 6.57. The van der Waals surface area contributed by atoms with Crippen molar-refractivity contribution in [2.75, 3.05) is 25.1 Å². The van der Waals surface area contributed by atoms with E-state index in [1.165, 1.54) is 0 Å². The molecule has 4 heteroatoms. The number of hydrogen-bond acceptors (Lipinski definition) is 3. The number of piperidine rings is 1. The molecule has 1 fully saturated rings. The molecule has 0 saturated carbocycles. The molecule has 0 aromatic heterocycles. The maximum atomic E-state index is 12.3. The van der Waals surface area contributed by atoms with Gasteiger partial charge in [0, 0.05) is 12.7 Å². The van der Waals surface area contributed by atoms with E-state index in [9.17, 15) is 4.79 Å². The summed E-state index contributed by atoms with van der Waals surface area (Å²) in [7, 11) is 1.83. The molecule has 1 atom stereocenters. The van der Waals surface area contributed by atoms with Crippen LogP contribution in [0.15, 0.2) is 24.3 Å². The maximum Gasteiger partial charge on any atom is 0.243 e. The van der Waals surface area contributed by atoms with Crippen molar-refractivity contribution in [1.82, 2.24) is 5.32 Å². The van der Waals surface area contributed by atoms with E-state index in [1.54, 1.807) is 4.90 Å². The smallest absolute Gasteiger partial charge is 0.243 e. The Balaban J connectivity index is 2.01. The summed E-state index contributed by atoms with van der Waals surface area (Å²) in [5.41, 5.74) is 0.904. The number of likely N-dealkylation sites (N-methyl/N-ethyl adjacent to an activating group) is 1. The third kappa shape index (κ3) is 3.47. The van der Waals surface area contributed by atoms with Gasteiger partial charge in [0.25, 0.3) is 0 Å². The molecule has 1 heterocycles. The van der Waals surface area contributed by atoms with Gasteiger partial charge in [-0.1, -0.05) is 6.42 Å². The Bertz CT molecular complexity index is 411. The van der Waals surface area contributed by atoms with Crippen molar-refractivity contribution in [3.05, 3.63) is 24.3 Å². The Hall–Kier alpha value is -1.55. The number of carbonyl (C=O) groups is 1. The number of amides is 1. The summed E-state index contributed by atoms with van der Waals surface area (Å²) in [6, 6.07) is 7.61. The lowest BCUT2D eigenvalue weighted by Gasteiger charge is -2.27. The van der Waals surface area contributed by atoms with Gasteiger partial charge in [0.05, 0.1) is 12.6 Å². The lowest BCUT2D eigenvalue weighted by molar-refractivity contribution is -0.120. The van der Waals surface area contributed by atoms with Crippen molar-refractivity contribution in [2.45, 2.75) is 32.2 Å². The lowest BCUT2D eigenvalue weighted by Crippen LogP contribution is -2.47. The van der Waals surface area contributed by atoms with Crippen LogP contribution in [0.2, 0.25) is 0 Å². The van der Waals surface area contributed by atoms with Crippen LogP contribution in [0.3, 0.4) is 0 Å². The van der Waals surface area contributed by atoms with E-state index in [0.717, 1.165) is 37.2 Å². The quantitative estimate of drug-likeness (QED) is 0.904. The molecule has 104 valence electrons. The highest BCUT2D eigenvalue weighted by Crippen LogP contribution is 2.20. The molecule has 1 aromatic rings. The summed E-state index contributed by atoms with van der Waals surface area (Å²) >= 11 is 0. The predicted molar refractivity (Wildman–Crippen MR) is 76.7 cm³/mol. The number of rotatable bonds is 4. The molecule has 1 N–H and O–H groups in total. The summed E-state index contributed by atoms with van der Waals surface area (Å²) in [6.45, 7) is 3.55. The zero-order valence-corrected chi connectivity index (χ0v) is 11.7. The van der Waals surface area contributed by atoms with E-state index < -0.39 is 0 Å². The van der Waals surface area contributed by atoms with Gasteiger partial charge in [-0.25, -0.2) is 0 Å². The van der Waals surface area contributed by atoms with Crippen molar-refractivity contribution in [3.8, 4) is 5.75 Å². The van der Waals surface area contributed by atoms with Gasteiger partial charge >= 0.3 is 0 Å². The molecule has 0 bridgehead atoms. The van der Waals surface area contributed by atoms with E-state index in [4.69, 9.17) is 4.74 Å². The molecule has 19 heavy (non-hydrogen) atoms. The first-order valence-electron chi connectivity index (χ1n) is 6.96. The first kappa shape index (κ1) is 13.9. The van der Waals surface area contributed by atoms with Crippen molar-refractivity contribution >= 4 is 11.6 Å². The molecule has 0 spiro atoms. The zero-order valence-electron chi connectivity index (χ0n) is 11.7. The zero-order chi connectivity index (χ0) is 13.7. The molecular formula is C15H22N2O2. The largest absolute Gasteiger partial charge is 0.494 e. The molecule has 1 amide bonds. The van der Waals surface area contributed by atoms with E-state index in [2.05, 4.69) is 5.32 Å². The van der Waals surface area contributed by atoms with Crippen molar-refractivity contribution in [2.24, 2.45) is 0 Å². The summed E-state index contributed by atoms with van der Waals surface area (Å²) in [5.74, 6) is 0.978. The van der Waals surface area contributed by atoms with Gasteiger partial charge in [-0.15, -0.1) is 0 Å². The van der Waals surface area contributed by atoms with Crippen LogP contribution in [-0.4, -0.2) is 32.1 Å². The topological polar surface area (TPSA) is 41.6 Å². The van der Waals surface area contributed by atoms with Gasteiger partial charge in [-0.05, 0) is 50.6 Å². The molecule has 4 nitrogen and oxygen atoms in total. The molecule has 0 aliphatic carbocycles. The number of benzene rings is 1. The normalized spacial score (nSPS) is 18.9. The van der Waals surface area contributed by atoms with Gasteiger partial charge in [0.2, 0.25) is 5.91 Å². The molecule has 1 aromatic carbocycles. The van der Waals surface area contributed by atoms with Gasteiger partial charge < -0.3 is 15.0 Å². The molecule has 0 radical (unpaired) electrons. The summed E-state index contributed by atoms with van der Waals surface area (Å²) in [5, 5.41) is 3.29. The summed E-state index contributed by atoms with van der Waals surface area (Å²) in [4.78, 5) is 14.1. The van der Waals surface area contributed by atoms with Gasteiger partial charge in [-0.2, -0.15) is 0 Å². The number of anilines is 1. The predicted octanol–water partition coefficient (Wildman–Crippen LogP) is 2.19. The Morgan fingerprint density at radius 1 is 1.37 bits per heavy atom. The van der Waals surface area contributed by atoms with Crippen LogP contribution >= 0.6 is 0 Å². The van der Waals surface area contributed by atoms with E-state index in [-0.39, 0.29) is 11.9 Å². The average Bonchev–Trinajstić information content (AvgIpc) is 2.48. The fourth-order valence-corrected chi connectivity index (χ4v) is 2.36. The van der Waals surface area contributed by atoms with E-state index in [0.29, 0.717) is 6.61 Å². The van der Waals surface area contributed by atoms with Crippen LogP contribution in [0.1, 0.15) is 26.2 Å². The third-order valence-corrected chi connectivity index (χ3v) is 3.47. The number of carbonyl (C=O) groups excluding carboxylic acids is 1.